The largest absolute Gasteiger partial charge is 0.347 e. The van der Waals surface area contributed by atoms with Gasteiger partial charge in [0.15, 0.2) is 0 Å². The van der Waals surface area contributed by atoms with E-state index in [4.69, 9.17) is 0 Å². The van der Waals surface area contributed by atoms with Gasteiger partial charge in [-0.25, -0.2) is 4.98 Å². The number of nitrogens with zero attached hydrogens (tertiary/aromatic N) is 4. The second kappa shape index (κ2) is 7.56. The third-order valence-corrected chi connectivity index (χ3v) is 3.77. The Kier molecular flexibility index (Phi) is 5.02. The van der Waals surface area contributed by atoms with Crippen molar-refractivity contribution < 1.29 is 9.59 Å². The molecular formula is C18H18N6O2. The van der Waals surface area contributed by atoms with E-state index in [-0.39, 0.29) is 17.5 Å². The standard InChI is InChI=1S/C18H18N6O2/c1-24(2)18(26)14-10-22-23-16(14)13-5-3-12(4-6-13)9-21-17(25)15-11-19-7-8-20-15/h3-8,10-11H,9H2,1-2H3,(H,21,25)(H,22,23). The van der Waals surface area contributed by atoms with Crippen molar-refractivity contribution in [3.8, 4) is 11.3 Å². The maximum atomic E-state index is 12.2. The van der Waals surface area contributed by atoms with Crippen LogP contribution in [0.3, 0.4) is 0 Å². The zero-order valence-electron chi connectivity index (χ0n) is 14.4. The number of benzene rings is 1. The Morgan fingerprint density at radius 2 is 1.88 bits per heavy atom. The average molecular weight is 350 g/mol. The lowest BCUT2D eigenvalue weighted by molar-refractivity contribution is 0.0828. The number of aromatic nitrogens is 4. The number of H-pyrrole nitrogens is 1. The van der Waals surface area contributed by atoms with Crippen LogP contribution in [0.25, 0.3) is 11.3 Å². The summed E-state index contributed by atoms with van der Waals surface area (Å²) in [5.74, 6) is -0.399. The Balaban J connectivity index is 1.69. The third kappa shape index (κ3) is 3.75. The van der Waals surface area contributed by atoms with Crippen molar-refractivity contribution in [1.82, 2.24) is 30.4 Å². The number of carbonyl (C=O) groups excluding carboxylic acids is 2. The van der Waals surface area contributed by atoms with Gasteiger partial charge in [0.05, 0.1) is 23.7 Å². The molecule has 0 aliphatic rings. The summed E-state index contributed by atoms with van der Waals surface area (Å²) in [7, 11) is 3.39. The Morgan fingerprint density at radius 1 is 1.12 bits per heavy atom. The van der Waals surface area contributed by atoms with Crippen LogP contribution in [-0.2, 0) is 6.54 Å². The minimum absolute atomic E-state index is 0.117. The van der Waals surface area contributed by atoms with Crippen LogP contribution in [0.2, 0.25) is 0 Å². The molecule has 132 valence electrons. The first-order valence-corrected chi connectivity index (χ1v) is 7.95. The van der Waals surface area contributed by atoms with Crippen molar-refractivity contribution in [2.24, 2.45) is 0 Å². The van der Waals surface area contributed by atoms with Crippen LogP contribution in [0.5, 0.6) is 0 Å². The maximum absolute atomic E-state index is 12.2. The first-order valence-electron chi connectivity index (χ1n) is 7.95. The quantitative estimate of drug-likeness (QED) is 0.726. The topological polar surface area (TPSA) is 104 Å². The lowest BCUT2D eigenvalue weighted by atomic mass is 10.1. The van der Waals surface area contributed by atoms with Crippen molar-refractivity contribution >= 4 is 11.8 Å². The van der Waals surface area contributed by atoms with E-state index in [1.165, 1.54) is 29.7 Å². The number of hydrogen-bond donors (Lipinski definition) is 2. The lowest BCUT2D eigenvalue weighted by Crippen LogP contribution is -2.23. The zero-order chi connectivity index (χ0) is 18.5. The van der Waals surface area contributed by atoms with Gasteiger partial charge in [-0.05, 0) is 5.56 Å². The predicted octanol–water partition coefficient (Wildman–Crippen LogP) is 1.50. The number of carbonyl (C=O) groups is 2. The minimum Gasteiger partial charge on any atom is -0.347 e. The second-order valence-corrected chi connectivity index (χ2v) is 5.83. The van der Waals surface area contributed by atoms with E-state index in [2.05, 4.69) is 25.5 Å². The second-order valence-electron chi connectivity index (χ2n) is 5.83. The van der Waals surface area contributed by atoms with Gasteiger partial charge in [0.2, 0.25) is 0 Å². The molecule has 0 saturated carbocycles. The summed E-state index contributed by atoms with van der Waals surface area (Å²) in [4.78, 5) is 33.5. The highest BCUT2D eigenvalue weighted by molar-refractivity contribution is 5.99. The first-order chi connectivity index (χ1) is 12.6. The van der Waals surface area contributed by atoms with Gasteiger partial charge >= 0.3 is 0 Å². The summed E-state index contributed by atoms with van der Waals surface area (Å²) in [6.45, 7) is 0.363. The van der Waals surface area contributed by atoms with Gasteiger partial charge in [0, 0.05) is 38.6 Å². The van der Waals surface area contributed by atoms with Crippen LogP contribution < -0.4 is 5.32 Å². The molecule has 0 unspecified atom stereocenters. The molecule has 3 aromatic rings. The SMILES string of the molecule is CN(C)C(=O)c1cn[nH]c1-c1ccc(CNC(=O)c2cnccn2)cc1. The van der Waals surface area contributed by atoms with E-state index in [0.717, 1.165) is 11.1 Å². The van der Waals surface area contributed by atoms with Crippen LogP contribution >= 0.6 is 0 Å². The monoisotopic (exact) mass is 350 g/mol. The molecule has 3 rings (SSSR count). The lowest BCUT2D eigenvalue weighted by Gasteiger charge is -2.10. The highest BCUT2D eigenvalue weighted by atomic mass is 16.2. The molecule has 0 spiro atoms. The van der Waals surface area contributed by atoms with Crippen LogP contribution in [0, 0.1) is 0 Å². The molecule has 0 aliphatic carbocycles. The molecule has 26 heavy (non-hydrogen) atoms. The molecule has 2 N–H and O–H groups in total. The van der Waals surface area contributed by atoms with E-state index < -0.39 is 0 Å². The Morgan fingerprint density at radius 3 is 2.54 bits per heavy atom. The van der Waals surface area contributed by atoms with Crippen molar-refractivity contribution in [2.45, 2.75) is 6.54 Å². The van der Waals surface area contributed by atoms with Crippen molar-refractivity contribution in [3.63, 3.8) is 0 Å². The molecule has 2 amide bonds. The molecule has 8 heteroatoms. The highest BCUT2D eigenvalue weighted by Gasteiger charge is 2.16. The van der Waals surface area contributed by atoms with E-state index in [1.807, 2.05) is 24.3 Å². The van der Waals surface area contributed by atoms with E-state index >= 15 is 0 Å². The predicted molar refractivity (Wildman–Crippen MR) is 95.2 cm³/mol. The summed E-state index contributed by atoms with van der Waals surface area (Å²) in [6, 6.07) is 7.53. The fourth-order valence-electron chi connectivity index (χ4n) is 2.39. The van der Waals surface area contributed by atoms with E-state index in [1.54, 1.807) is 14.1 Å². The zero-order valence-corrected chi connectivity index (χ0v) is 14.4. The summed E-state index contributed by atoms with van der Waals surface area (Å²) >= 11 is 0. The number of hydrogen-bond acceptors (Lipinski definition) is 5. The molecular weight excluding hydrogens is 332 g/mol. The van der Waals surface area contributed by atoms with Gasteiger partial charge in [-0.2, -0.15) is 5.10 Å². The molecule has 0 atom stereocenters. The number of aromatic amines is 1. The molecule has 1 aromatic carbocycles. The van der Waals surface area contributed by atoms with Crippen LogP contribution in [0.1, 0.15) is 26.4 Å². The van der Waals surface area contributed by atoms with Gasteiger partial charge in [0.1, 0.15) is 5.69 Å². The van der Waals surface area contributed by atoms with Gasteiger partial charge in [-0.15, -0.1) is 0 Å². The molecule has 8 nitrogen and oxygen atoms in total. The van der Waals surface area contributed by atoms with Crippen LogP contribution in [0.15, 0.2) is 49.1 Å². The first kappa shape index (κ1) is 17.3. The molecule has 2 aromatic heterocycles. The average Bonchev–Trinajstić information content (AvgIpc) is 3.16. The minimum atomic E-state index is -0.283. The normalized spacial score (nSPS) is 10.4. The summed E-state index contributed by atoms with van der Waals surface area (Å²) in [6.07, 6.45) is 5.92. The Labute approximate surface area is 150 Å². The fraction of sp³-hybridized carbons (Fsp3) is 0.167. The third-order valence-electron chi connectivity index (χ3n) is 3.77. The fourth-order valence-corrected chi connectivity index (χ4v) is 2.39. The molecule has 0 aliphatic heterocycles. The van der Waals surface area contributed by atoms with Crippen molar-refractivity contribution in [1.29, 1.82) is 0 Å². The van der Waals surface area contributed by atoms with E-state index in [0.29, 0.717) is 17.8 Å². The van der Waals surface area contributed by atoms with E-state index in [9.17, 15) is 9.59 Å². The van der Waals surface area contributed by atoms with Gasteiger partial charge < -0.3 is 10.2 Å². The highest BCUT2D eigenvalue weighted by Crippen LogP contribution is 2.22. The van der Waals surface area contributed by atoms with Gasteiger partial charge in [-0.3, -0.25) is 19.7 Å². The maximum Gasteiger partial charge on any atom is 0.271 e. The van der Waals surface area contributed by atoms with Crippen LogP contribution in [0.4, 0.5) is 0 Å². The van der Waals surface area contributed by atoms with Gasteiger partial charge in [0.25, 0.3) is 11.8 Å². The number of rotatable bonds is 5. The number of amides is 2. The number of nitrogens with one attached hydrogen (secondary N) is 2. The van der Waals surface area contributed by atoms with Crippen LogP contribution in [-0.4, -0.2) is 51.0 Å². The molecule has 0 saturated heterocycles. The summed E-state index contributed by atoms with van der Waals surface area (Å²) in [5, 5.41) is 9.63. The summed E-state index contributed by atoms with van der Waals surface area (Å²) < 4.78 is 0. The summed E-state index contributed by atoms with van der Waals surface area (Å²) in [5.41, 5.74) is 3.22. The molecule has 2 heterocycles. The molecule has 0 radical (unpaired) electrons. The molecule has 0 bridgehead atoms. The van der Waals surface area contributed by atoms with Crippen molar-refractivity contribution in [2.75, 3.05) is 14.1 Å². The van der Waals surface area contributed by atoms with Gasteiger partial charge in [-0.1, -0.05) is 24.3 Å². The smallest absolute Gasteiger partial charge is 0.271 e. The molecule has 0 fully saturated rings. The Hall–Kier alpha value is -3.55. The van der Waals surface area contributed by atoms with Crippen molar-refractivity contribution in [3.05, 3.63) is 65.9 Å². The Bertz CT molecular complexity index is 903.